The summed E-state index contributed by atoms with van der Waals surface area (Å²) in [6.07, 6.45) is 3.27. The Balaban J connectivity index is 2.57. The van der Waals surface area contributed by atoms with Crippen molar-refractivity contribution in [2.75, 3.05) is 0 Å². The van der Waals surface area contributed by atoms with Crippen molar-refractivity contribution in [2.45, 2.75) is 20.4 Å². The summed E-state index contributed by atoms with van der Waals surface area (Å²) in [6, 6.07) is 3.58. The smallest absolute Gasteiger partial charge is 0.316 e. The van der Waals surface area contributed by atoms with Crippen LogP contribution in [0.15, 0.2) is 24.5 Å². The van der Waals surface area contributed by atoms with E-state index in [1.54, 1.807) is 32.3 Å². The summed E-state index contributed by atoms with van der Waals surface area (Å²) in [7, 11) is 0. The van der Waals surface area contributed by atoms with Gasteiger partial charge in [0.1, 0.15) is 5.92 Å². The van der Waals surface area contributed by atoms with Gasteiger partial charge < -0.3 is 10.4 Å². The lowest BCUT2D eigenvalue weighted by Crippen LogP contribution is -2.38. The molecule has 2 N–H and O–H groups in total. The second-order valence-corrected chi connectivity index (χ2v) is 4.14. The normalized spacial score (nSPS) is 12.2. The van der Waals surface area contributed by atoms with Gasteiger partial charge in [0.15, 0.2) is 0 Å². The number of carbonyl (C=O) groups is 2. The second-order valence-electron chi connectivity index (χ2n) is 4.14. The predicted octanol–water partition coefficient (Wildman–Crippen LogP) is 1.05. The van der Waals surface area contributed by atoms with E-state index in [2.05, 4.69) is 10.3 Å². The molecule has 17 heavy (non-hydrogen) atoms. The molecular weight excluding hydrogens is 220 g/mol. The fourth-order valence-electron chi connectivity index (χ4n) is 1.50. The van der Waals surface area contributed by atoms with Crippen molar-refractivity contribution < 1.29 is 14.7 Å². The summed E-state index contributed by atoms with van der Waals surface area (Å²) >= 11 is 0. The van der Waals surface area contributed by atoms with Gasteiger partial charge in [-0.1, -0.05) is 19.9 Å². The summed E-state index contributed by atoms with van der Waals surface area (Å²) in [4.78, 5) is 26.5. The van der Waals surface area contributed by atoms with E-state index < -0.39 is 17.8 Å². The molecule has 5 nitrogen and oxygen atoms in total. The first-order valence-electron chi connectivity index (χ1n) is 5.41. The van der Waals surface area contributed by atoms with E-state index in [1.807, 2.05) is 6.07 Å². The maximum atomic E-state index is 11.7. The SMILES string of the molecule is CC(C)C(C(=O)O)C(=O)NCc1cccnc1. The molecule has 0 fully saturated rings. The Morgan fingerprint density at radius 3 is 2.65 bits per heavy atom. The highest BCUT2D eigenvalue weighted by Crippen LogP contribution is 2.11. The van der Waals surface area contributed by atoms with Crippen molar-refractivity contribution in [1.29, 1.82) is 0 Å². The maximum Gasteiger partial charge on any atom is 0.316 e. The molecule has 0 spiro atoms. The van der Waals surface area contributed by atoms with Crippen LogP contribution in [0.25, 0.3) is 0 Å². The molecule has 1 heterocycles. The average Bonchev–Trinajstić information content (AvgIpc) is 2.27. The standard InChI is InChI=1S/C12H16N2O3/c1-8(2)10(12(16)17)11(15)14-7-9-4-3-5-13-6-9/h3-6,8,10H,7H2,1-2H3,(H,14,15)(H,16,17). The number of aromatic nitrogens is 1. The molecule has 5 heteroatoms. The minimum Gasteiger partial charge on any atom is -0.481 e. The van der Waals surface area contributed by atoms with E-state index >= 15 is 0 Å². The van der Waals surface area contributed by atoms with Crippen LogP contribution in [0, 0.1) is 11.8 Å². The monoisotopic (exact) mass is 236 g/mol. The number of amides is 1. The third-order valence-electron chi connectivity index (χ3n) is 2.40. The van der Waals surface area contributed by atoms with Gasteiger partial charge in [-0.2, -0.15) is 0 Å². The third-order valence-corrected chi connectivity index (χ3v) is 2.40. The highest BCUT2D eigenvalue weighted by molar-refractivity contribution is 5.97. The molecule has 0 aromatic carbocycles. The summed E-state index contributed by atoms with van der Waals surface area (Å²) in [5.74, 6) is -2.80. The van der Waals surface area contributed by atoms with Gasteiger partial charge in [-0.25, -0.2) is 0 Å². The van der Waals surface area contributed by atoms with Crippen LogP contribution in [0.3, 0.4) is 0 Å². The van der Waals surface area contributed by atoms with Gasteiger partial charge in [0, 0.05) is 18.9 Å². The molecule has 0 saturated carbocycles. The van der Waals surface area contributed by atoms with Crippen LogP contribution in [-0.4, -0.2) is 22.0 Å². The molecule has 1 unspecified atom stereocenters. The summed E-state index contributed by atoms with van der Waals surface area (Å²) in [5.41, 5.74) is 0.841. The Hall–Kier alpha value is -1.91. The highest BCUT2D eigenvalue weighted by atomic mass is 16.4. The van der Waals surface area contributed by atoms with Crippen LogP contribution in [0.5, 0.6) is 0 Å². The summed E-state index contributed by atoms with van der Waals surface area (Å²) in [6.45, 7) is 3.72. The molecule has 0 aliphatic heterocycles. The van der Waals surface area contributed by atoms with Crippen molar-refractivity contribution in [3.8, 4) is 0 Å². The fourth-order valence-corrected chi connectivity index (χ4v) is 1.50. The van der Waals surface area contributed by atoms with E-state index in [0.29, 0.717) is 6.54 Å². The van der Waals surface area contributed by atoms with Crippen molar-refractivity contribution in [1.82, 2.24) is 10.3 Å². The highest BCUT2D eigenvalue weighted by Gasteiger charge is 2.29. The van der Waals surface area contributed by atoms with Crippen LogP contribution < -0.4 is 5.32 Å². The lowest BCUT2D eigenvalue weighted by molar-refractivity contribution is -0.148. The van der Waals surface area contributed by atoms with Crippen LogP contribution in [0.1, 0.15) is 19.4 Å². The quantitative estimate of drug-likeness (QED) is 0.749. The topological polar surface area (TPSA) is 79.3 Å². The zero-order valence-corrected chi connectivity index (χ0v) is 9.88. The molecule has 0 bridgehead atoms. The van der Waals surface area contributed by atoms with Gasteiger partial charge in [0.2, 0.25) is 5.91 Å². The zero-order valence-electron chi connectivity index (χ0n) is 9.88. The number of hydrogen-bond donors (Lipinski definition) is 2. The molecule has 0 aliphatic rings. The maximum absolute atomic E-state index is 11.7. The van der Waals surface area contributed by atoms with Crippen molar-refractivity contribution in [3.05, 3.63) is 30.1 Å². The molecule has 1 rings (SSSR count). The van der Waals surface area contributed by atoms with Crippen molar-refractivity contribution in [2.24, 2.45) is 11.8 Å². The first kappa shape index (κ1) is 13.2. The van der Waals surface area contributed by atoms with E-state index in [9.17, 15) is 9.59 Å². The summed E-state index contributed by atoms with van der Waals surface area (Å²) < 4.78 is 0. The molecule has 0 saturated heterocycles. The van der Waals surface area contributed by atoms with Crippen molar-refractivity contribution in [3.63, 3.8) is 0 Å². The Bertz CT molecular complexity index is 390. The minimum absolute atomic E-state index is 0.235. The minimum atomic E-state index is -1.09. The van der Waals surface area contributed by atoms with Crippen LogP contribution in [-0.2, 0) is 16.1 Å². The fraction of sp³-hybridized carbons (Fsp3) is 0.417. The number of carboxylic acid groups (broad SMARTS) is 1. The molecule has 1 aromatic rings. The van der Waals surface area contributed by atoms with Gasteiger partial charge >= 0.3 is 5.97 Å². The van der Waals surface area contributed by atoms with Crippen LogP contribution in [0.4, 0.5) is 0 Å². The molecular formula is C12H16N2O3. The second kappa shape index (κ2) is 5.98. The van der Waals surface area contributed by atoms with E-state index in [4.69, 9.17) is 5.11 Å². The number of nitrogens with one attached hydrogen (secondary N) is 1. The Morgan fingerprint density at radius 1 is 1.47 bits per heavy atom. The van der Waals surface area contributed by atoms with Crippen LogP contribution >= 0.6 is 0 Å². The first-order chi connectivity index (χ1) is 8.02. The molecule has 92 valence electrons. The molecule has 1 amide bonds. The number of nitrogens with zero attached hydrogens (tertiary/aromatic N) is 1. The Morgan fingerprint density at radius 2 is 2.18 bits per heavy atom. The summed E-state index contributed by atoms with van der Waals surface area (Å²) in [5, 5.41) is 11.5. The average molecular weight is 236 g/mol. The number of carbonyl (C=O) groups excluding carboxylic acids is 1. The Labute approximate surface area is 99.9 Å². The van der Waals surface area contributed by atoms with Gasteiger partial charge in [0.05, 0.1) is 0 Å². The predicted molar refractivity (Wildman–Crippen MR) is 62.0 cm³/mol. The van der Waals surface area contributed by atoms with Gasteiger partial charge in [-0.15, -0.1) is 0 Å². The molecule has 1 aromatic heterocycles. The van der Waals surface area contributed by atoms with E-state index in [-0.39, 0.29) is 5.92 Å². The van der Waals surface area contributed by atoms with E-state index in [1.165, 1.54) is 0 Å². The number of hydrogen-bond acceptors (Lipinski definition) is 3. The number of rotatable bonds is 5. The van der Waals surface area contributed by atoms with Crippen LogP contribution in [0.2, 0.25) is 0 Å². The molecule has 0 aliphatic carbocycles. The lowest BCUT2D eigenvalue weighted by atomic mass is 9.95. The molecule has 0 radical (unpaired) electrons. The first-order valence-corrected chi connectivity index (χ1v) is 5.41. The zero-order chi connectivity index (χ0) is 12.8. The van der Waals surface area contributed by atoms with E-state index in [0.717, 1.165) is 5.56 Å². The number of pyridine rings is 1. The van der Waals surface area contributed by atoms with Gasteiger partial charge in [-0.3, -0.25) is 14.6 Å². The van der Waals surface area contributed by atoms with Gasteiger partial charge in [0.25, 0.3) is 0 Å². The molecule has 1 atom stereocenters. The van der Waals surface area contributed by atoms with Crippen molar-refractivity contribution >= 4 is 11.9 Å². The Kier molecular flexibility index (Phi) is 4.63. The number of carboxylic acids is 1. The largest absolute Gasteiger partial charge is 0.481 e. The third kappa shape index (κ3) is 3.86. The number of aliphatic carboxylic acids is 1. The lowest BCUT2D eigenvalue weighted by Gasteiger charge is -2.15. The van der Waals surface area contributed by atoms with Gasteiger partial charge in [-0.05, 0) is 17.5 Å².